The van der Waals surface area contributed by atoms with E-state index in [1.54, 1.807) is 68.7 Å². The van der Waals surface area contributed by atoms with Crippen molar-refractivity contribution in [1.82, 2.24) is 9.80 Å². The summed E-state index contributed by atoms with van der Waals surface area (Å²) >= 11 is 0. The quantitative estimate of drug-likeness (QED) is 0.187. The molecule has 1 aliphatic heterocycles. The molecule has 2 amide bonds. The van der Waals surface area contributed by atoms with Crippen LogP contribution in [0.5, 0.6) is 11.5 Å². The minimum atomic E-state index is -4.91. The van der Waals surface area contributed by atoms with E-state index in [0.29, 0.717) is 34.1 Å². The predicted octanol–water partition coefficient (Wildman–Crippen LogP) is 6.49. The van der Waals surface area contributed by atoms with Crippen LogP contribution in [0.25, 0.3) is 11.1 Å². The monoisotopic (exact) mass is 684 g/mol. The third-order valence-electron chi connectivity index (χ3n) is 7.87. The maximum absolute atomic E-state index is 14.4. The van der Waals surface area contributed by atoms with Crippen molar-refractivity contribution in [3.05, 3.63) is 113 Å². The van der Waals surface area contributed by atoms with Crippen LogP contribution in [0.2, 0.25) is 0 Å². The molecule has 0 aromatic heterocycles. The molecule has 0 aliphatic carbocycles. The largest absolute Gasteiger partial charge is 0.495 e. The zero-order valence-corrected chi connectivity index (χ0v) is 27.1. The van der Waals surface area contributed by atoms with Gasteiger partial charge in [0.1, 0.15) is 28.3 Å². The normalized spacial score (nSPS) is 14.9. The number of sulfone groups is 1. The molecule has 4 aromatic carbocycles. The number of carbonyl (C=O) groups excluding carboxylic acids is 2. The summed E-state index contributed by atoms with van der Waals surface area (Å²) in [5, 5.41) is 0. The molecule has 5 rings (SSSR count). The molecule has 0 radical (unpaired) electrons. The summed E-state index contributed by atoms with van der Waals surface area (Å²) in [5.41, 5.74) is -0.329. The average molecular weight is 685 g/mol. The summed E-state index contributed by atoms with van der Waals surface area (Å²) < 4.78 is 93.7. The maximum Gasteiger partial charge on any atom is 0.417 e. The first kappa shape index (κ1) is 34.4. The van der Waals surface area contributed by atoms with Crippen LogP contribution in [0, 0.1) is 5.82 Å². The van der Waals surface area contributed by atoms with E-state index in [0.717, 1.165) is 17.0 Å². The van der Waals surface area contributed by atoms with Crippen molar-refractivity contribution >= 4 is 21.7 Å². The molecule has 1 atom stereocenters. The molecule has 0 spiro atoms. The summed E-state index contributed by atoms with van der Waals surface area (Å²) in [4.78, 5) is 28.0. The Labute approximate surface area is 275 Å². The van der Waals surface area contributed by atoms with Gasteiger partial charge in [0.25, 0.3) is 11.8 Å². The Morgan fingerprint density at radius 2 is 1.65 bits per heavy atom. The molecule has 13 heteroatoms. The second-order valence-corrected chi connectivity index (χ2v) is 13.5. The molecule has 0 unspecified atom stereocenters. The molecule has 0 N–H and O–H groups in total. The lowest BCUT2D eigenvalue weighted by atomic mass is 10.0. The number of rotatable bonds is 9. The highest BCUT2D eigenvalue weighted by Crippen LogP contribution is 2.35. The fourth-order valence-corrected chi connectivity index (χ4v) is 7.07. The number of halogens is 4. The van der Waals surface area contributed by atoms with E-state index in [2.05, 4.69) is 0 Å². The number of hydrogen-bond acceptors (Lipinski definition) is 6. The van der Waals surface area contributed by atoms with Gasteiger partial charge in [-0.2, -0.15) is 13.2 Å². The number of nitrogens with zero attached hydrogens (tertiary/aromatic N) is 2. The molecule has 4 aromatic rings. The molecule has 1 heterocycles. The summed E-state index contributed by atoms with van der Waals surface area (Å²) in [7, 11) is 0.668. The minimum absolute atomic E-state index is 0.0468. The van der Waals surface area contributed by atoms with E-state index in [9.17, 15) is 35.6 Å². The van der Waals surface area contributed by atoms with Gasteiger partial charge in [-0.05, 0) is 65.2 Å². The Morgan fingerprint density at radius 3 is 2.35 bits per heavy atom. The fourth-order valence-electron chi connectivity index (χ4n) is 5.53. The molecular weight excluding hydrogens is 652 g/mol. The molecule has 1 fully saturated rings. The van der Waals surface area contributed by atoms with Gasteiger partial charge in [-0.25, -0.2) is 12.8 Å². The molecule has 0 bridgehead atoms. The van der Waals surface area contributed by atoms with Gasteiger partial charge in [-0.15, -0.1) is 0 Å². The van der Waals surface area contributed by atoms with Crippen LogP contribution in [0.4, 0.5) is 17.6 Å². The Kier molecular flexibility index (Phi) is 9.81. The zero-order chi connectivity index (χ0) is 34.8. The first-order valence-corrected chi connectivity index (χ1v) is 16.5. The van der Waals surface area contributed by atoms with E-state index >= 15 is 0 Å². The van der Waals surface area contributed by atoms with Crippen molar-refractivity contribution in [2.24, 2.45) is 0 Å². The van der Waals surface area contributed by atoms with Crippen molar-refractivity contribution < 1.29 is 45.0 Å². The third-order valence-corrected chi connectivity index (χ3v) is 9.57. The number of likely N-dealkylation sites (tertiary alicyclic amines) is 1. The summed E-state index contributed by atoms with van der Waals surface area (Å²) in [6, 6.07) is 20.3. The lowest BCUT2D eigenvalue weighted by Crippen LogP contribution is -2.33. The second-order valence-electron chi connectivity index (χ2n) is 11.5. The molecule has 1 saturated heterocycles. The van der Waals surface area contributed by atoms with Crippen LogP contribution in [0.15, 0.2) is 89.8 Å². The Balaban J connectivity index is 1.32. The van der Waals surface area contributed by atoms with Gasteiger partial charge in [0, 0.05) is 32.6 Å². The summed E-state index contributed by atoms with van der Waals surface area (Å²) in [6.45, 7) is -0.0378. The van der Waals surface area contributed by atoms with Crippen LogP contribution in [0.3, 0.4) is 0 Å². The number of amides is 2. The number of carbonyl (C=O) groups is 2. The van der Waals surface area contributed by atoms with E-state index < -0.39 is 50.7 Å². The number of benzene rings is 4. The van der Waals surface area contributed by atoms with Crippen molar-refractivity contribution in [3.63, 3.8) is 0 Å². The second kappa shape index (κ2) is 13.7. The predicted molar refractivity (Wildman–Crippen MR) is 170 cm³/mol. The molecule has 1 aliphatic rings. The highest BCUT2D eigenvalue weighted by atomic mass is 32.2. The smallest absolute Gasteiger partial charge is 0.417 e. The lowest BCUT2D eigenvalue weighted by molar-refractivity contribution is -0.138. The Bertz CT molecular complexity index is 1960. The van der Waals surface area contributed by atoms with Gasteiger partial charge >= 0.3 is 6.18 Å². The standard InChI is InChI=1S/C35H32F4N2O6S/c1-40(2)33(42)25-9-5-8-23(18-25)24-13-14-30(46-3)31(19-24)48(44,45)21-22-7-4-10-26(17-22)47-27-15-16-41(20-27)34(43)32-28(35(37,38)39)11-6-12-29(32)36/h4-14,17-19,27H,15-16,20-21H2,1-3H3/t27-/m0/s1. The maximum atomic E-state index is 14.4. The number of alkyl halides is 3. The van der Waals surface area contributed by atoms with Gasteiger partial charge < -0.3 is 19.3 Å². The van der Waals surface area contributed by atoms with Crippen molar-refractivity contribution in [2.45, 2.75) is 29.3 Å². The molecule has 8 nitrogen and oxygen atoms in total. The van der Waals surface area contributed by atoms with Gasteiger partial charge in [0.15, 0.2) is 9.84 Å². The molecule has 252 valence electrons. The SMILES string of the molecule is COc1ccc(-c2cccc(C(=O)N(C)C)c2)cc1S(=O)(=O)Cc1cccc(O[C@H]2CCN(C(=O)c3c(F)cccc3C(F)(F)F)C2)c1. The van der Waals surface area contributed by atoms with Crippen molar-refractivity contribution in [1.29, 1.82) is 0 Å². The van der Waals surface area contributed by atoms with Gasteiger partial charge in [0.2, 0.25) is 0 Å². The van der Waals surface area contributed by atoms with Crippen LogP contribution < -0.4 is 9.47 Å². The average Bonchev–Trinajstić information content (AvgIpc) is 3.51. The number of methoxy groups -OCH3 is 1. The van der Waals surface area contributed by atoms with Gasteiger partial charge in [-0.1, -0.05) is 36.4 Å². The van der Waals surface area contributed by atoms with Gasteiger partial charge in [-0.3, -0.25) is 9.59 Å². The first-order valence-electron chi connectivity index (χ1n) is 14.8. The highest BCUT2D eigenvalue weighted by molar-refractivity contribution is 7.90. The minimum Gasteiger partial charge on any atom is -0.495 e. The van der Waals surface area contributed by atoms with E-state index in [1.807, 2.05) is 0 Å². The van der Waals surface area contributed by atoms with Crippen molar-refractivity contribution in [3.8, 4) is 22.6 Å². The highest BCUT2D eigenvalue weighted by Gasteiger charge is 2.39. The van der Waals surface area contributed by atoms with E-state index in [1.165, 1.54) is 24.1 Å². The molecule has 48 heavy (non-hydrogen) atoms. The fraction of sp³-hybridized carbons (Fsp3) is 0.257. The third kappa shape index (κ3) is 7.46. The van der Waals surface area contributed by atoms with Crippen LogP contribution in [0.1, 0.15) is 38.3 Å². The number of hydrogen-bond donors (Lipinski definition) is 0. The number of ether oxygens (including phenoxy) is 2. The summed E-state index contributed by atoms with van der Waals surface area (Å²) in [6.07, 6.45) is -5.25. The molecule has 0 saturated carbocycles. The Morgan fingerprint density at radius 1 is 0.938 bits per heavy atom. The van der Waals surface area contributed by atoms with Gasteiger partial charge in [0.05, 0.1) is 30.5 Å². The van der Waals surface area contributed by atoms with E-state index in [4.69, 9.17) is 9.47 Å². The lowest BCUT2D eigenvalue weighted by Gasteiger charge is -2.20. The zero-order valence-electron chi connectivity index (χ0n) is 26.3. The van der Waals surface area contributed by atoms with Crippen molar-refractivity contribution in [2.75, 3.05) is 34.3 Å². The van der Waals surface area contributed by atoms with Crippen LogP contribution in [-0.4, -0.2) is 70.4 Å². The van der Waals surface area contributed by atoms with Crippen LogP contribution >= 0.6 is 0 Å². The first-order chi connectivity index (χ1) is 22.7. The van der Waals surface area contributed by atoms with Crippen LogP contribution in [-0.2, 0) is 21.8 Å². The topological polar surface area (TPSA) is 93.2 Å². The van der Waals surface area contributed by atoms with E-state index in [-0.39, 0.29) is 36.1 Å². The molecular formula is C35H32F4N2O6S. The summed E-state index contributed by atoms with van der Waals surface area (Å²) in [5.74, 6) is -2.51. The Hall–Kier alpha value is -4.91.